The smallest absolute Gasteiger partial charge is 0.223 e. The first-order valence-corrected chi connectivity index (χ1v) is 7.36. The molecule has 106 valence electrons. The van der Waals surface area contributed by atoms with Crippen molar-refractivity contribution in [2.75, 3.05) is 26.7 Å². The van der Waals surface area contributed by atoms with Crippen LogP contribution in [0.3, 0.4) is 0 Å². The van der Waals surface area contributed by atoms with E-state index >= 15 is 0 Å². The topological polar surface area (TPSA) is 61.4 Å². The molecule has 3 fully saturated rings. The van der Waals surface area contributed by atoms with Crippen molar-refractivity contribution in [3.8, 4) is 0 Å². The normalized spacial score (nSPS) is 33.3. The highest BCUT2D eigenvalue weighted by Crippen LogP contribution is 2.58. The van der Waals surface area contributed by atoms with Gasteiger partial charge >= 0.3 is 0 Å². The molecule has 5 heteroatoms. The lowest BCUT2D eigenvalue weighted by molar-refractivity contribution is -0.134. The highest BCUT2D eigenvalue weighted by molar-refractivity contribution is 5.83. The van der Waals surface area contributed by atoms with Crippen LogP contribution in [0.4, 0.5) is 0 Å². The number of nitrogens with one attached hydrogen (secondary N) is 2. The first kappa shape index (κ1) is 12.9. The van der Waals surface area contributed by atoms with Crippen molar-refractivity contribution in [2.24, 2.45) is 11.3 Å². The van der Waals surface area contributed by atoms with Crippen LogP contribution in [0.5, 0.6) is 0 Å². The lowest BCUT2D eigenvalue weighted by Gasteiger charge is -2.30. The summed E-state index contributed by atoms with van der Waals surface area (Å²) in [6.07, 6.45) is 4.67. The van der Waals surface area contributed by atoms with Crippen molar-refractivity contribution >= 4 is 11.8 Å². The minimum atomic E-state index is 0.148. The molecule has 1 spiro atoms. The summed E-state index contributed by atoms with van der Waals surface area (Å²) in [7, 11) is 1.81. The van der Waals surface area contributed by atoms with Crippen LogP contribution in [0.25, 0.3) is 0 Å². The summed E-state index contributed by atoms with van der Waals surface area (Å²) in [5.74, 6) is 0.624. The summed E-state index contributed by atoms with van der Waals surface area (Å²) >= 11 is 0. The van der Waals surface area contributed by atoms with Crippen molar-refractivity contribution < 1.29 is 9.59 Å². The van der Waals surface area contributed by atoms with Crippen LogP contribution in [0.15, 0.2) is 0 Å². The van der Waals surface area contributed by atoms with Gasteiger partial charge in [0.2, 0.25) is 11.8 Å². The minimum Gasteiger partial charge on any atom is -0.351 e. The first-order valence-electron chi connectivity index (χ1n) is 7.36. The van der Waals surface area contributed by atoms with Crippen molar-refractivity contribution in [2.45, 2.75) is 38.1 Å². The number of hydrogen-bond donors (Lipinski definition) is 2. The van der Waals surface area contributed by atoms with Crippen molar-refractivity contribution in [3.05, 3.63) is 0 Å². The molecule has 0 aromatic rings. The second-order valence-corrected chi connectivity index (χ2v) is 6.39. The summed E-state index contributed by atoms with van der Waals surface area (Å²) < 4.78 is 0. The van der Waals surface area contributed by atoms with Gasteiger partial charge in [-0.3, -0.25) is 9.59 Å². The number of nitrogens with zero attached hydrogens (tertiary/aromatic N) is 1. The Balaban J connectivity index is 1.51. The zero-order chi connectivity index (χ0) is 13.5. The Morgan fingerprint density at radius 3 is 2.84 bits per heavy atom. The second kappa shape index (κ2) is 4.78. The highest BCUT2D eigenvalue weighted by atomic mass is 16.2. The molecule has 2 aliphatic heterocycles. The van der Waals surface area contributed by atoms with Crippen LogP contribution >= 0.6 is 0 Å². The SMILES string of the molecule is CN1CC(NC(=O)C2CC23CCNCC3)CCC1=O. The molecule has 0 aromatic heterocycles. The predicted molar refractivity (Wildman–Crippen MR) is 71.4 cm³/mol. The van der Waals surface area contributed by atoms with Crippen LogP contribution in [-0.2, 0) is 9.59 Å². The van der Waals surface area contributed by atoms with E-state index in [1.165, 1.54) is 0 Å². The molecule has 19 heavy (non-hydrogen) atoms. The summed E-state index contributed by atoms with van der Waals surface area (Å²) in [5, 5.41) is 6.51. The Morgan fingerprint density at radius 2 is 2.16 bits per heavy atom. The van der Waals surface area contributed by atoms with Gasteiger partial charge in [0.1, 0.15) is 0 Å². The van der Waals surface area contributed by atoms with Gasteiger partial charge in [-0.15, -0.1) is 0 Å². The number of likely N-dealkylation sites (N-methyl/N-ethyl adjacent to an activating group) is 1. The molecular weight excluding hydrogens is 242 g/mol. The lowest BCUT2D eigenvalue weighted by Crippen LogP contribution is -2.49. The molecule has 1 saturated carbocycles. The average molecular weight is 265 g/mol. The van der Waals surface area contributed by atoms with Gasteiger partial charge in [0, 0.05) is 32.0 Å². The number of hydrogen-bond acceptors (Lipinski definition) is 3. The maximum atomic E-state index is 12.3. The van der Waals surface area contributed by atoms with Gasteiger partial charge in [0.25, 0.3) is 0 Å². The summed E-state index contributed by atoms with van der Waals surface area (Å²) in [4.78, 5) is 25.4. The lowest BCUT2D eigenvalue weighted by atomic mass is 9.91. The van der Waals surface area contributed by atoms with Gasteiger partial charge in [-0.1, -0.05) is 0 Å². The van der Waals surface area contributed by atoms with Crippen molar-refractivity contribution in [1.82, 2.24) is 15.5 Å². The highest BCUT2D eigenvalue weighted by Gasteiger charge is 2.57. The number of piperidine rings is 2. The van der Waals surface area contributed by atoms with Gasteiger partial charge in [-0.05, 0) is 44.2 Å². The summed E-state index contributed by atoms with van der Waals surface area (Å²) in [5.41, 5.74) is 0.297. The summed E-state index contributed by atoms with van der Waals surface area (Å²) in [6.45, 7) is 2.75. The van der Waals surface area contributed by atoms with E-state index in [1.807, 2.05) is 7.05 Å². The quantitative estimate of drug-likeness (QED) is 0.745. The van der Waals surface area contributed by atoms with Gasteiger partial charge < -0.3 is 15.5 Å². The van der Waals surface area contributed by atoms with E-state index in [-0.39, 0.29) is 23.8 Å². The molecule has 3 rings (SSSR count). The molecule has 0 radical (unpaired) electrons. The fourth-order valence-electron chi connectivity index (χ4n) is 3.63. The molecule has 2 N–H and O–H groups in total. The third-order valence-electron chi connectivity index (χ3n) is 5.08. The third-order valence-corrected chi connectivity index (χ3v) is 5.08. The standard InChI is InChI=1S/C14H23N3O2/c1-17-9-10(2-3-12(17)18)16-13(19)11-8-14(11)4-6-15-7-5-14/h10-11,15H,2-9H2,1H3,(H,16,19). The molecule has 3 aliphatic rings. The van der Waals surface area contributed by atoms with Gasteiger partial charge in [-0.25, -0.2) is 0 Å². The Kier molecular flexibility index (Phi) is 3.25. The first-order chi connectivity index (χ1) is 9.11. The Labute approximate surface area is 114 Å². The van der Waals surface area contributed by atoms with Crippen LogP contribution < -0.4 is 10.6 Å². The van der Waals surface area contributed by atoms with E-state index in [9.17, 15) is 9.59 Å². The summed E-state index contributed by atoms with van der Waals surface area (Å²) in [6, 6.07) is 0.148. The van der Waals surface area contributed by atoms with E-state index in [1.54, 1.807) is 4.90 Å². The van der Waals surface area contributed by atoms with Crippen LogP contribution in [0.2, 0.25) is 0 Å². The van der Waals surface area contributed by atoms with E-state index in [0.717, 1.165) is 38.8 Å². The van der Waals surface area contributed by atoms with E-state index in [2.05, 4.69) is 10.6 Å². The fourth-order valence-corrected chi connectivity index (χ4v) is 3.63. The maximum absolute atomic E-state index is 12.3. The molecule has 0 aromatic carbocycles. The molecule has 2 unspecified atom stereocenters. The van der Waals surface area contributed by atoms with Crippen molar-refractivity contribution in [1.29, 1.82) is 0 Å². The monoisotopic (exact) mass is 265 g/mol. The molecule has 1 aliphatic carbocycles. The number of amides is 2. The number of carbonyl (C=O) groups is 2. The molecule has 2 heterocycles. The minimum absolute atomic E-state index is 0.148. The Hall–Kier alpha value is -1.10. The predicted octanol–water partition coefficient (Wildman–Crippen LogP) is 0.113. The zero-order valence-corrected chi connectivity index (χ0v) is 11.6. The van der Waals surface area contributed by atoms with Crippen LogP contribution in [0.1, 0.15) is 32.1 Å². The van der Waals surface area contributed by atoms with E-state index in [0.29, 0.717) is 18.4 Å². The Morgan fingerprint density at radius 1 is 1.42 bits per heavy atom. The van der Waals surface area contributed by atoms with Crippen LogP contribution in [0, 0.1) is 11.3 Å². The fraction of sp³-hybridized carbons (Fsp3) is 0.857. The molecule has 2 amide bonds. The maximum Gasteiger partial charge on any atom is 0.223 e. The molecule has 2 saturated heterocycles. The third kappa shape index (κ3) is 2.48. The van der Waals surface area contributed by atoms with Crippen molar-refractivity contribution in [3.63, 3.8) is 0 Å². The number of carbonyl (C=O) groups excluding carboxylic acids is 2. The zero-order valence-electron chi connectivity index (χ0n) is 11.6. The average Bonchev–Trinajstić information content (AvgIpc) is 3.08. The molecular formula is C14H23N3O2. The molecule has 5 nitrogen and oxygen atoms in total. The van der Waals surface area contributed by atoms with Gasteiger partial charge in [-0.2, -0.15) is 0 Å². The van der Waals surface area contributed by atoms with E-state index < -0.39 is 0 Å². The van der Waals surface area contributed by atoms with E-state index in [4.69, 9.17) is 0 Å². The Bertz CT molecular complexity index is 390. The second-order valence-electron chi connectivity index (χ2n) is 6.39. The van der Waals surface area contributed by atoms with Gasteiger partial charge in [0.15, 0.2) is 0 Å². The molecule has 0 bridgehead atoms. The largest absolute Gasteiger partial charge is 0.351 e. The van der Waals surface area contributed by atoms with Crippen LogP contribution in [-0.4, -0.2) is 49.4 Å². The number of rotatable bonds is 2. The van der Waals surface area contributed by atoms with Gasteiger partial charge in [0.05, 0.1) is 0 Å². The molecule has 2 atom stereocenters. The number of likely N-dealkylation sites (tertiary alicyclic amines) is 1.